The molecule has 1 aromatic heterocycles. The third kappa shape index (κ3) is 1.44. The summed E-state index contributed by atoms with van der Waals surface area (Å²) in [6.45, 7) is 0. The number of benzene rings is 1. The normalized spacial score (nSPS) is 14.4. The van der Waals surface area contributed by atoms with Crippen molar-refractivity contribution in [2.45, 2.75) is 0 Å². The molecule has 1 aromatic carbocycles. The Morgan fingerprint density at radius 1 is 0.944 bits per heavy atom. The van der Waals surface area contributed by atoms with Crippen LogP contribution in [-0.4, -0.2) is 16.1 Å². The maximum absolute atomic E-state index is 11.8. The van der Waals surface area contributed by atoms with Gasteiger partial charge in [0.1, 0.15) is 0 Å². The van der Waals surface area contributed by atoms with E-state index in [1.165, 1.54) is 6.08 Å². The van der Waals surface area contributed by atoms with Gasteiger partial charge < -0.3 is 4.57 Å². The van der Waals surface area contributed by atoms with Crippen molar-refractivity contribution in [2.75, 3.05) is 0 Å². The Bertz CT molecular complexity index is 692. The number of aryl methyl sites for hydroxylation is 1. The number of rotatable bonds is 1. The number of aromatic nitrogens is 1. The van der Waals surface area contributed by atoms with Crippen LogP contribution < -0.4 is 0 Å². The molecule has 1 aliphatic carbocycles. The first-order valence-electron chi connectivity index (χ1n) is 5.70. The number of fused-ring (bicyclic) bond motifs is 1. The molecule has 0 fully saturated rings. The molecule has 0 unspecified atom stereocenters. The largest absolute Gasteiger partial charge is 0.351 e. The van der Waals surface area contributed by atoms with Crippen LogP contribution in [0.2, 0.25) is 0 Å². The van der Waals surface area contributed by atoms with Crippen LogP contribution in [0, 0.1) is 0 Å². The molecule has 1 heterocycles. The van der Waals surface area contributed by atoms with Gasteiger partial charge >= 0.3 is 0 Å². The highest BCUT2D eigenvalue weighted by molar-refractivity contribution is 6.50. The van der Waals surface area contributed by atoms with Gasteiger partial charge in [0.15, 0.2) is 0 Å². The Balaban J connectivity index is 2.28. The molecule has 3 heteroatoms. The highest BCUT2D eigenvalue weighted by Crippen LogP contribution is 2.30. The number of Topliss-reactive ketones (excluding diaryl/α,β-unsaturated/α-hetero) is 1. The minimum atomic E-state index is -0.454. The molecule has 18 heavy (non-hydrogen) atoms. The summed E-state index contributed by atoms with van der Waals surface area (Å²) in [7, 11) is 1.92. The van der Waals surface area contributed by atoms with Crippen LogP contribution in [0.3, 0.4) is 0 Å². The van der Waals surface area contributed by atoms with Gasteiger partial charge in [-0.05, 0) is 23.8 Å². The van der Waals surface area contributed by atoms with Crippen LogP contribution in [0.1, 0.15) is 21.6 Å². The fourth-order valence-corrected chi connectivity index (χ4v) is 2.28. The van der Waals surface area contributed by atoms with E-state index in [-0.39, 0.29) is 0 Å². The van der Waals surface area contributed by atoms with Crippen LogP contribution >= 0.6 is 0 Å². The molecule has 0 amide bonds. The summed E-state index contributed by atoms with van der Waals surface area (Å²) >= 11 is 0. The van der Waals surface area contributed by atoms with Gasteiger partial charge in [0.05, 0.1) is 0 Å². The number of carbonyl (C=O) groups excluding carboxylic acids is 2. The molecule has 88 valence electrons. The van der Waals surface area contributed by atoms with E-state index in [0.29, 0.717) is 5.56 Å². The maximum Gasteiger partial charge on any atom is 0.233 e. The Morgan fingerprint density at radius 2 is 1.67 bits per heavy atom. The summed E-state index contributed by atoms with van der Waals surface area (Å²) in [6.07, 6.45) is 3.35. The number of hydrogen-bond acceptors (Lipinski definition) is 2. The lowest BCUT2D eigenvalue weighted by molar-refractivity contribution is -0.111. The van der Waals surface area contributed by atoms with Crippen LogP contribution in [0.15, 0.2) is 48.7 Å². The highest BCUT2D eigenvalue weighted by atomic mass is 16.2. The zero-order valence-corrected chi connectivity index (χ0v) is 9.88. The Labute approximate surface area is 104 Å². The van der Waals surface area contributed by atoms with Gasteiger partial charge in [0.25, 0.3) is 0 Å². The van der Waals surface area contributed by atoms with Crippen LogP contribution in [-0.2, 0) is 11.8 Å². The first-order valence-corrected chi connectivity index (χ1v) is 5.70. The van der Waals surface area contributed by atoms with Crippen molar-refractivity contribution in [1.29, 1.82) is 0 Å². The molecular weight excluding hydrogens is 226 g/mol. The van der Waals surface area contributed by atoms with Crippen LogP contribution in [0.4, 0.5) is 0 Å². The van der Waals surface area contributed by atoms with E-state index in [1.807, 2.05) is 42.1 Å². The van der Waals surface area contributed by atoms with Crippen molar-refractivity contribution in [2.24, 2.45) is 7.05 Å². The summed E-state index contributed by atoms with van der Waals surface area (Å²) < 4.78 is 1.94. The molecule has 0 bridgehead atoms. The van der Waals surface area contributed by atoms with E-state index in [1.54, 1.807) is 12.1 Å². The average molecular weight is 237 g/mol. The van der Waals surface area contributed by atoms with Gasteiger partial charge in [0, 0.05) is 30.1 Å². The van der Waals surface area contributed by atoms with Crippen molar-refractivity contribution in [3.8, 4) is 0 Å². The summed E-state index contributed by atoms with van der Waals surface area (Å²) in [5.41, 5.74) is 3.05. The number of hydrogen-bond donors (Lipinski definition) is 0. The van der Waals surface area contributed by atoms with Gasteiger partial charge in [-0.3, -0.25) is 9.59 Å². The van der Waals surface area contributed by atoms with E-state index in [0.717, 1.165) is 16.8 Å². The average Bonchev–Trinajstić information content (AvgIpc) is 2.80. The van der Waals surface area contributed by atoms with E-state index in [9.17, 15) is 9.59 Å². The second-order valence-electron chi connectivity index (χ2n) is 4.30. The number of nitrogens with zero attached hydrogens (tertiary/aromatic N) is 1. The number of allylic oxidation sites excluding steroid dienone is 1. The fourth-order valence-electron chi connectivity index (χ4n) is 2.28. The first kappa shape index (κ1) is 10.7. The van der Waals surface area contributed by atoms with E-state index < -0.39 is 11.6 Å². The van der Waals surface area contributed by atoms with E-state index in [4.69, 9.17) is 0 Å². The van der Waals surface area contributed by atoms with Crippen molar-refractivity contribution < 1.29 is 9.59 Å². The van der Waals surface area contributed by atoms with Gasteiger partial charge in [-0.15, -0.1) is 0 Å². The van der Waals surface area contributed by atoms with Gasteiger partial charge in [0.2, 0.25) is 11.6 Å². The number of carbonyl (C=O) groups is 2. The second kappa shape index (κ2) is 3.81. The predicted molar refractivity (Wildman–Crippen MR) is 68.3 cm³/mol. The van der Waals surface area contributed by atoms with Crippen LogP contribution in [0.5, 0.6) is 0 Å². The van der Waals surface area contributed by atoms with Crippen molar-refractivity contribution in [3.05, 3.63) is 65.5 Å². The molecule has 2 aromatic rings. The van der Waals surface area contributed by atoms with Gasteiger partial charge in [-0.2, -0.15) is 0 Å². The quantitative estimate of drug-likeness (QED) is 0.713. The highest BCUT2D eigenvalue weighted by Gasteiger charge is 2.26. The lowest BCUT2D eigenvalue weighted by Crippen LogP contribution is -2.19. The summed E-state index contributed by atoms with van der Waals surface area (Å²) in [5, 5.41) is 0. The first-order chi connectivity index (χ1) is 8.68. The molecule has 0 saturated heterocycles. The third-order valence-electron chi connectivity index (χ3n) is 3.18. The molecule has 1 aliphatic rings. The van der Waals surface area contributed by atoms with Crippen molar-refractivity contribution in [1.82, 2.24) is 4.57 Å². The molecule has 0 atom stereocenters. The molecule has 0 spiro atoms. The fraction of sp³-hybridized carbons (Fsp3) is 0.0667. The minimum Gasteiger partial charge on any atom is -0.351 e. The molecule has 3 nitrogen and oxygen atoms in total. The van der Waals surface area contributed by atoms with Crippen molar-refractivity contribution in [3.63, 3.8) is 0 Å². The lowest BCUT2D eigenvalue weighted by atomic mass is 9.88. The minimum absolute atomic E-state index is 0.427. The van der Waals surface area contributed by atoms with E-state index >= 15 is 0 Å². The third-order valence-corrected chi connectivity index (χ3v) is 3.18. The standard InChI is InChI=1S/C15H11NO2/c1-16-8-4-7-13(16)12-9-14(17)15(18)11-6-3-2-5-10(11)12/h2-9H,1H3. The molecule has 0 aliphatic heterocycles. The monoisotopic (exact) mass is 237 g/mol. The van der Waals surface area contributed by atoms with E-state index in [2.05, 4.69) is 0 Å². The van der Waals surface area contributed by atoms with Crippen LogP contribution in [0.25, 0.3) is 5.57 Å². The summed E-state index contributed by atoms with van der Waals surface area (Å²) in [4.78, 5) is 23.6. The topological polar surface area (TPSA) is 39.1 Å². The Morgan fingerprint density at radius 3 is 2.33 bits per heavy atom. The molecule has 3 rings (SSSR count). The van der Waals surface area contributed by atoms with Crippen molar-refractivity contribution >= 4 is 17.1 Å². The lowest BCUT2D eigenvalue weighted by Gasteiger charge is -2.16. The zero-order valence-electron chi connectivity index (χ0n) is 9.88. The van der Waals surface area contributed by atoms with Gasteiger partial charge in [-0.1, -0.05) is 24.3 Å². The summed E-state index contributed by atoms with van der Waals surface area (Å²) in [6, 6.07) is 11.1. The molecule has 0 N–H and O–H groups in total. The Hall–Kier alpha value is -2.42. The smallest absolute Gasteiger partial charge is 0.233 e. The van der Waals surface area contributed by atoms with Gasteiger partial charge in [-0.25, -0.2) is 0 Å². The Kier molecular flexibility index (Phi) is 2.27. The second-order valence-corrected chi connectivity index (χ2v) is 4.30. The molecule has 0 saturated carbocycles. The predicted octanol–water partition coefficient (Wildman–Crippen LogP) is 2.22. The SMILES string of the molecule is Cn1cccc1C1=CC(=O)C(=O)c2ccccc21. The zero-order chi connectivity index (χ0) is 12.7. The molecular formula is C15H11NO2. The molecule has 0 radical (unpaired) electrons. The maximum atomic E-state index is 11.8. The summed E-state index contributed by atoms with van der Waals surface area (Å²) in [5.74, 6) is -0.881. The number of ketones is 2.